The van der Waals surface area contributed by atoms with Gasteiger partial charge in [-0.2, -0.15) is 0 Å². The molecule has 0 radical (unpaired) electrons. The zero-order valence-corrected chi connectivity index (χ0v) is 26.1. The Morgan fingerprint density at radius 2 is 1.46 bits per heavy atom. The number of carbonyl (C=O) groups excluding carboxylic acids is 1. The number of sulfonamides is 1. The SMILES string of the molecule is Cc1cc(C)c(S(=O)(=O)N(CC(=O)N(C)Cc2cc(Cl)cc(Cl)c2)c2c(C)n(C)n(-c3ccccc3)c2=O)c(C)c1. The molecule has 0 atom stereocenters. The first kappa shape index (κ1) is 30.4. The minimum Gasteiger partial charge on any atom is -0.340 e. The zero-order chi connectivity index (χ0) is 30.2. The first-order valence-electron chi connectivity index (χ1n) is 12.9. The van der Waals surface area contributed by atoms with Crippen LogP contribution in [0.15, 0.2) is 70.4 Å². The van der Waals surface area contributed by atoms with Gasteiger partial charge in [-0.15, -0.1) is 0 Å². The van der Waals surface area contributed by atoms with E-state index in [4.69, 9.17) is 23.2 Å². The van der Waals surface area contributed by atoms with Crippen LogP contribution in [0.5, 0.6) is 0 Å². The summed E-state index contributed by atoms with van der Waals surface area (Å²) >= 11 is 12.3. The number of amides is 1. The molecule has 0 saturated heterocycles. The van der Waals surface area contributed by atoms with E-state index in [0.29, 0.717) is 38.1 Å². The van der Waals surface area contributed by atoms with E-state index in [1.807, 2.05) is 13.0 Å². The van der Waals surface area contributed by atoms with E-state index in [2.05, 4.69) is 0 Å². The predicted octanol–water partition coefficient (Wildman–Crippen LogP) is 5.57. The van der Waals surface area contributed by atoms with Crippen molar-refractivity contribution in [1.82, 2.24) is 14.3 Å². The summed E-state index contributed by atoms with van der Waals surface area (Å²) in [7, 11) is -1.12. The number of hydrogen-bond acceptors (Lipinski definition) is 4. The fourth-order valence-electron chi connectivity index (χ4n) is 5.12. The number of hydrogen-bond donors (Lipinski definition) is 0. The highest BCUT2D eigenvalue weighted by Crippen LogP contribution is 2.30. The van der Waals surface area contributed by atoms with Crippen LogP contribution < -0.4 is 9.86 Å². The number of nitrogens with zero attached hydrogens (tertiary/aromatic N) is 4. The average Bonchev–Trinajstić information content (AvgIpc) is 3.08. The molecule has 4 aromatic rings. The fraction of sp³-hybridized carbons (Fsp3) is 0.267. The van der Waals surface area contributed by atoms with E-state index in [1.54, 1.807) is 94.1 Å². The Kier molecular flexibility index (Phi) is 8.73. The smallest absolute Gasteiger partial charge is 0.296 e. The second-order valence-electron chi connectivity index (χ2n) is 10.2. The Morgan fingerprint density at radius 3 is 2.02 bits per heavy atom. The third kappa shape index (κ3) is 6.07. The van der Waals surface area contributed by atoms with Crippen LogP contribution in [0.1, 0.15) is 27.9 Å². The van der Waals surface area contributed by atoms with Gasteiger partial charge >= 0.3 is 0 Å². The lowest BCUT2D eigenvalue weighted by Crippen LogP contribution is -2.43. The largest absolute Gasteiger partial charge is 0.340 e. The highest BCUT2D eigenvalue weighted by atomic mass is 35.5. The van der Waals surface area contributed by atoms with Gasteiger partial charge in [0.2, 0.25) is 5.91 Å². The minimum absolute atomic E-state index is 0.0640. The zero-order valence-electron chi connectivity index (χ0n) is 23.8. The van der Waals surface area contributed by atoms with Crippen molar-refractivity contribution >= 4 is 44.8 Å². The molecule has 0 spiro atoms. The molecule has 41 heavy (non-hydrogen) atoms. The molecule has 216 valence electrons. The van der Waals surface area contributed by atoms with Crippen molar-refractivity contribution in [2.24, 2.45) is 7.05 Å². The lowest BCUT2D eigenvalue weighted by Gasteiger charge is -2.27. The molecule has 11 heteroatoms. The molecule has 0 aliphatic heterocycles. The maximum Gasteiger partial charge on any atom is 0.296 e. The molecule has 1 heterocycles. The number of aryl methyl sites for hydroxylation is 3. The van der Waals surface area contributed by atoms with Gasteiger partial charge < -0.3 is 4.90 Å². The maximum atomic E-state index is 14.4. The summed E-state index contributed by atoms with van der Waals surface area (Å²) in [6.07, 6.45) is 0. The van der Waals surface area contributed by atoms with Gasteiger partial charge in [0.15, 0.2) is 0 Å². The van der Waals surface area contributed by atoms with Crippen molar-refractivity contribution in [3.63, 3.8) is 0 Å². The van der Waals surface area contributed by atoms with E-state index in [-0.39, 0.29) is 17.1 Å². The number of para-hydroxylation sites is 1. The Labute approximate surface area is 250 Å². The predicted molar refractivity (Wildman–Crippen MR) is 164 cm³/mol. The van der Waals surface area contributed by atoms with Gasteiger partial charge in [-0.1, -0.05) is 59.1 Å². The van der Waals surface area contributed by atoms with Crippen molar-refractivity contribution in [3.05, 3.63) is 109 Å². The maximum absolute atomic E-state index is 14.4. The summed E-state index contributed by atoms with van der Waals surface area (Å²) in [6.45, 7) is 6.51. The number of aromatic nitrogens is 2. The molecule has 4 rings (SSSR count). The Balaban J connectivity index is 1.86. The van der Waals surface area contributed by atoms with Crippen LogP contribution in [0.4, 0.5) is 5.69 Å². The molecule has 0 bridgehead atoms. The monoisotopic (exact) mass is 614 g/mol. The van der Waals surface area contributed by atoms with Crippen LogP contribution >= 0.6 is 23.2 Å². The molecule has 0 saturated carbocycles. The third-order valence-corrected chi connectivity index (χ3v) is 9.46. The van der Waals surface area contributed by atoms with E-state index < -0.39 is 28.0 Å². The number of benzene rings is 3. The second kappa shape index (κ2) is 11.8. The fourth-order valence-corrected chi connectivity index (χ4v) is 7.57. The summed E-state index contributed by atoms with van der Waals surface area (Å²) in [5.41, 5.74) is 2.95. The molecular formula is C30H32Cl2N4O4S. The van der Waals surface area contributed by atoms with Crippen molar-refractivity contribution in [2.45, 2.75) is 39.1 Å². The molecule has 3 aromatic carbocycles. The molecule has 1 amide bonds. The Morgan fingerprint density at radius 1 is 0.902 bits per heavy atom. The van der Waals surface area contributed by atoms with Crippen LogP contribution in [0.25, 0.3) is 5.69 Å². The highest BCUT2D eigenvalue weighted by molar-refractivity contribution is 7.93. The van der Waals surface area contributed by atoms with Crippen LogP contribution in [0, 0.1) is 27.7 Å². The lowest BCUT2D eigenvalue weighted by atomic mass is 10.1. The van der Waals surface area contributed by atoms with Gasteiger partial charge in [0.1, 0.15) is 12.2 Å². The van der Waals surface area contributed by atoms with Gasteiger partial charge in [-0.05, 0) is 74.7 Å². The van der Waals surface area contributed by atoms with Gasteiger partial charge in [0.25, 0.3) is 15.6 Å². The molecule has 0 aliphatic carbocycles. The van der Waals surface area contributed by atoms with Gasteiger partial charge in [-0.25, -0.2) is 17.4 Å². The highest BCUT2D eigenvalue weighted by Gasteiger charge is 2.35. The average molecular weight is 616 g/mol. The van der Waals surface area contributed by atoms with Crippen molar-refractivity contribution in [3.8, 4) is 5.69 Å². The Bertz CT molecular complexity index is 1750. The molecule has 0 fully saturated rings. The van der Waals surface area contributed by atoms with Crippen LogP contribution in [0.3, 0.4) is 0 Å². The summed E-state index contributed by atoms with van der Waals surface area (Å²) in [5.74, 6) is -0.513. The van der Waals surface area contributed by atoms with Gasteiger partial charge in [0, 0.05) is 30.7 Å². The molecular weight excluding hydrogens is 583 g/mol. The molecule has 0 aliphatic rings. The molecule has 0 unspecified atom stereocenters. The van der Waals surface area contributed by atoms with E-state index in [1.165, 1.54) is 9.58 Å². The van der Waals surface area contributed by atoms with Crippen LogP contribution in [-0.2, 0) is 28.4 Å². The van der Waals surface area contributed by atoms with Crippen LogP contribution in [0.2, 0.25) is 10.0 Å². The first-order chi connectivity index (χ1) is 19.2. The quantitative estimate of drug-likeness (QED) is 0.260. The normalized spacial score (nSPS) is 11.5. The van der Waals surface area contributed by atoms with Crippen molar-refractivity contribution < 1.29 is 13.2 Å². The van der Waals surface area contributed by atoms with Crippen LogP contribution in [-0.4, -0.2) is 42.2 Å². The lowest BCUT2D eigenvalue weighted by molar-refractivity contribution is -0.128. The van der Waals surface area contributed by atoms with Gasteiger partial charge in [-0.3, -0.25) is 14.3 Å². The van der Waals surface area contributed by atoms with Crippen molar-refractivity contribution in [2.75, 3.05) is 17.9 Å². The summed E-state index contributed by atoms with van der Waals surface area (Å²) in [6, 6.07) is 17.4. The molecule has 8 nitrogen and oxygen atoms in total. The Hall–Kier alpha value is -3.53. The summed E-state index contributed by atoms with van der Waals surface area (Å²) in [5, 5.41) is 0.841. The summed E-state index contributed by atoms with van der Waals surface area (Å²) in [4.78, 5) is 29.0. The van der Waals surface area contributed by atoms with E-state index >= 15 is 0 Å². The van der Waals surface area contributed by atoms with Gasteiger partial charge in [0.05, 0.1) is 16.3 Å². The van der Waals surface area contributed by atoms with Crippen molar-refractivity contribution in [1.29, 1.82) is 0 Å². The molecule has 0 N–H and O–H groups in total. The summed E-state index contributed by atoms with van der Waals surface area (Å²) < 4.78 is 32.8. The van der Waals surface area contributed by atoms with E-state index in [0.717, 1.165) is 9.87 Å². The number of likely N-dealkylation sites (N-methyl/N-ethyl adjacent to an activating group) is 1. The number of halogens is 2. The third-order valence-electron chi connectivity index (χ3n) is 6.97. The number of carbonyl (C=O) groups is 1. The topological polar surface area (TPSA) is 84.6 Å². The van der Waals surface area contributed by atoms with E-state index in [9.17, 15) is 18.0 Å². The molecule has 1 aromatic heterocycles. The number of rotatable bonds is 8. The first-order valence-corrected chi connectivity index (χ1v) is 15.1. The standard InChI is InChI=1S/C30H32Cl2N4O4S/c1-19-12-20(2)29(21(3)13-19)41(39,40)35(18-27(37)33(5)17-23-14-24(31)16-25(32)15-23)28-22(4)34(6)36(30(28)38)26-10-8-7-9-11-26/h7-16H,17-18H2,1-6H3. The minimum atomic E-state index is -4.36. The second-order valence-corrected chi connectivity index (χ2v) is 12.8. The number of anilines is 1.